The summed E-state index contributed by atoms with van der Waals surface area (Å²) in [4.78, 5) is 6.23. The van der Waals surface area contributed by atoms with Crippen LogP contribution in [0.25, 0.3) is 0 Å². The molecule has 0 saturated heterocycles. The van der Waals surface area contributed by atoms with Crippen LogP contribution in [0, 0.1) is 0 Å². The van der Waals surface area contributed by atoms with E-state index in [1.165, 1.54) is 0 Å². The average Bonchev–Trinajstić information content (AvgIpc) is 2.49. The Hall–Kier alpha value is -1.27. The number of aliphatic hydroxyl groups excluding tert-OH is 2. The van der Waals surface area contributed by atoms with Gasteiger partial charge in [-0.15, -0.1) is 0 Å². The Balaban J connectivity index is 2.00. The Bertz CT molecular complexity index is 534. The van der Waals surface area contributed by atoms with Gasteiger partial charge in [0.05, 0.1) is 12.3 Å². The number of nitrogens with zero attached hydrogens (tertiary/aromatic N) is 2. The highest BCUT2D eigenvalue weighted by Crippen LogP contribution is 2.16. The maximum absolute atomic E-state index is 10.3. The lowest BCUT2D eigenvalue weighted by Gasteiger charge is -2.24. The Morgan fingerprint density at radius 3 is 2.52 bits per heavy atom. The second-order valence-corrected chi connectivity index (χ2v) is 5.78. The first-order valence-electron chi connectivity index (χ1n) is 6.85. The Labute approximate surface area is 133 Å². The summed E-state index contributed by atoms with van der Waals surface area (Å²) in [5, 5.41) is 19.5. The second-order valence-electron chi connectivity index (χ2n) is 4.86. The molecule has 0 fully saturated rings. The van der Waals surface area contributed by atoms with E-state index in [9.17, 15) is 10.2 Å². The van der Waals surface area contributed by atoms with Crippen LogP contribution in [-0.2, 0) is 6.54 Å². The lowest BCUT2D eigenvalue weighted by Crippen LogP contribution is -2.31. The van der Waals surface area contributed by atoms with Gasteiger partial charge in [0.25, 0.3) is 0 Å². The van der Waals surface area contributed by atoms with Crippen LogP contribution < -0.4 is 0 Å². The molecule has 0 spiro atoms. The number of pyridine rings is 1. The minimum absolute atomic E-state index is 0.0628. The fourth-order valence-electron chi connectivity index (χ4n) is 2.14. The van der Waals surface area contributed by atoms with E-state index in [0.29, 0.717) is 25.3 Å². The number of rotatable bonds is 7. The number of halogens is 1. The minimum atomic E-state index is -0.673. The third-order valence-electron chi connectivity index (χ3n) is 3.19. The fraction of sp³-hybridized carbons (Fsp3) is 0.312. The first kappa shape index (κ1) is 16.1. The average molecular weight is 351 g/mol. The standard InChI is InChI=1S/C16H19BrN2O2/c17-14-6-7-15(18-10-14)16(21)12-19(8-9-20)11-13-4-2-1-3-5-13/h1-7,10,16,20-21H,8-9,11-12H2/t16-/m1/s1. The molecule has 0 bridgehead atoms. The van der Waals surface area contributed by atoms with Gasteiger partial charge in [-0.05, 0) is 33.6 Å². The summed E-state index contributed by atoms with van der Waals surface area (Å²) in [5.41, 5.74) is 1.79. The number of benzene rings is 1. The van der Waals surface area contributed by atoms with Crippen molar-refractivity contribution in [3.63, 3.8) is 0 Å². The lowest BCUT2D eigenvalue weighted by atomic mass is 10.1. The van der Waals surface area contributed by atoms with Crippen molar-refractivity contribution in [1.29, 1.82) is 0 Å². The molecule has 4 nitrogen and oxygen atoms in total. The van der Waals surface area contributed by atoms with Gasteiger partial charge in [-0.3, -0.25) is 9.88 Å². The fourth-order valence-corrected chi connectivity index (χ4v) is 2.37. The molecule has 0 unspecified atom stereocenters. The first-order valence-corrected chi connectivity index (χ1v) is 7.65. The summed E-state index contributed by atoms with van der Waals surface area (Å²) in [6.45, 7) is 1.70. The molecule has 1 aromatic carbocycles. The van der Waals surface area contributed by atoms with Crippen LogP contribution in [0.2, 0.25) is 0 Å². The molecule has 0 saturated carbocycles. The zero-order valence-electron chi connectivity index (χ0n) is 11.7. The SMILES string of the molecule is OCCN(Cc1ccccc1)C[C@@H](O)c1ccc(Br)cn1. The Morgan fingerprint density at radius 2 is 1.90 bits per heavy atom. The van der Waals surface area contributed by atoms with Gasteiger partial charge in [-0.1, -0.05) is 30.3 Å². The molecule has 0 amide bonds. The van der Waals surface area contributed by atoms with Gasteiger partial charge in [-0.2, -0.15) is 0 Å². The molecule has 112 valence electrons. The Morgan fingerprint density at radius 1 is 1.14 bits per heavy atom. The number of hydrogen-bond donors (Lipinski definition) is 2. The van der Waals surface area contributed by atoms with Gasteiger partial charge in [0.15, 0.2) is 0 Å². The number of aliphatic hydroxyl groups is 2. The predicted molar refractivity (Wildman–Crippen MR) is 85.7 cm³/mol. The van der Waals surface area contributed by atoms with Crippen LogP contribution in [0.4, 0.5) is 0 Å². The van der Waals surface area contributed by atoms with E-state index < -0.39 is 6.10 Å². The molecule has 0 aliphatic heterocycles. The molecular weight excluding hydrogens is 332 g/mol. The highest BCUT2D eigenvalue weighted by Gasteiger charge is 2.14. The Kier molecular flexibility index (Phi) is 6.32. The van der Waals surface area contributed by atoms with E-state index in [0.717, 1.165) is 10.0 Å². The normalized spacial score (nSPS) is 12.6. The van der Waals surface area contributed by atoms with Gasteiger partial charge in [-0.25, -0.2) is 0 Å². The largest absolute Gasteiger partial charge is 0.395 e. The van der Waals surface area contributed by atoms with Crippen molar-refractivity contribution < 1.29 is 10.2 Å². The van der Waals surface area contributed by atoms with Crippen LogP contribution in [0.3, 0.4) is 0 Å². The minimum Gasteiger partial charge on any atom is -0.395 e. The molecule has 1 atom stereocenters. The molecule has 0 aliphatic rings. The maximum atomic E-state index is 10.3. The second kappa shape index (κ2) is 8.24. The summed E-state index contributed by atoms with van der Waals surface area (Å²) in [6, 6.07) is 13.7. The zero-order chi connectivity index (χ0) is 15.1. The molecule has 2 rings (SSSR count). The number of hydrogen-bond acceptors (Lipinski definition) is 4. The third-order valence-corrected chi connectivity index (χ3v) is 3.66. The summed E-state index contributed by atoms with van der Waals surface area (Å²) in [7, 11) is 0. The van der Waals surface area contributed by atoms with Crippen molar-refractivity contribution in [2.45, 2.75) is 12.6 Å². The summed E-state index contributed by atoms with van der Waals surface area (Å²) >= 11 is 3.33. The number of aromatic nitrogens is 1. The van der Waals surface area contributed by atoms with E-state index in [-0.39, 0.29) is 6.61 Å². The molecule has 1 aromatic heterocycles. The molecule has 2 aromatic rings. The van der Waals surface area contributed by atoms with E-state index >= 15 is 0 Å². The van der Waals surface area contributed by atoms with E-state index in [1.54, 1.807) is 12.3 Å². The van der Waals surface area contributed by atoms with Crippen LogP contribution in [-0.4, -0.2) is 39.8 Å². The van der Waals surface area contributed by atoms with Crippen molar-refractivity contribution in [2.75, 3.05) is 19.7 Å². The topological polar surface area (TPSA) is 56.6 Å². The lowest BCUT2D eigenvalue weighted by molar-refractivity contribution is 0.0929. The highest BCUT2D eigenvalue weighted by molar-refractivity contribution is 9.10. The molecule has 21 heavy (non-hydrogen) atoms. The van der Waals surface area contributed by atoms with Gasteiger partial charge < -0.3 is 10.2 Å². The van der Waals surface area contributed by atoms with Gasteiger partial charge in [0.1, 0.15) is 6.10 Å². The van der Waals surface area contributed by atoms with Crippen LogP contribution >= 0.6 is 15.9 Å². The van der Waals surface area contributed by atoms with E-state index in [4.69, 9.17) is 0 Å². The zero-order valence-corrected chi connectivity index (χ0v) is 13.3. The van der Waals surface area contributed by atoms with Crippen molar-refractivity contribution in [3.05, 3.63) is 64.4 Å². The van der Waals surface area contributed by atoms with Gasteiger partial charge in [0.2, 0.25) is 0 Å². The maximum Gasteiger partial charge on any atom is 0.109 e. The third kappa shape index (κ3) is 5.21. The van der Waals surface area contributed by atoms with Crippen LogP contribution in [0.1, 0.15) is 17.4 Å². The first-order chi connectivity index (χ1) is 10.2. The van der Waals surface area contributed by atoms with Crippen molar-refractivity contribution in [2.24, 2.45) is 0 Å². The summed E-state index contributed by atoms with van der Waals surface area (Å²) < 4.78 is 0.884. The van der Waals surface area contributed by atoms with E-state index in [1.807, 2.05) is 41.3 Å². The van der Waals surface area contributed by atoms with Crippen LogP contribution in [0.15, 0.2) is 53.1 Å². The van der Waals surface area contributed by atoms with E-state index in [2.05, 4.69) is 20.9 Å². The van der Waals surface area contributed by atoms with Gasteiger partial charge >= 0.3 is 0 Å². The monoisotopic (exact) mass is 350 g/mol. The summed E-state index contributed by atoms with van der Waals surface area (Å²) in [5.74, 6) is 0. The molecule has 0 radical (unpaired) electrons. The van der Waals surface area contributed by atoms with Gasteiger partial charge in [0, 0.05) is 30.3 Å². The quantitative estimate of drug-likeness (QED) is 0.804. The van der Waals surface area contributed by atoms with Crippen molar-refractivity contribution in [1.82, 2.24) is 9.88 Å². The predicted octanol–water partition coefficient (Wildman–Crippen LogP) is 2.37. The molecule has 5 heteroatoms. The molecule has 1 heterocycles. The van der Waals surface area contributed by atoms with Crippen molar-refractivity contribution in [3.8, 4) is 0 Å². The molecule has 2 N–H and O–H groups in total. The molecule has 0 aliphatic carbocycles. The summed E-state index contributed by atoms with van der Waals surface area (Å²) in [6.07, 6.45) is 1.000. The van der Waals surface area contributed by atoms with Crippen LogP contribution in [0.5, 0.6) is 0 Å². The smallest absolute Gasteiger partial charge is 0.109 e. The van der Waals surface area contributed by atoms with Crippen molar-refractivity contribution >= 4 is 15.9 Å². The molecular formula is C16H19BrN2O2. The highest BCUT2D eigenvalue weighted by atomic mass is 79.9.